The lowest BCUT2D eigenvalue weighted by Crippen LogP contribution is -2.22. The number of anilines is 1. The number of esters is 2. The smallest absolute Gasteiger partial charge is 0.341 e. The first kappa shape index (κ1) is 24.0. The quantitative estimate of drug-likeness (QED) is 0.444. The number of primary amides is 1. The van der Waals surface area contributed by atoms with Crippen molar-refractivity contribution in [3.05, 3.63) is 50.9 Å². The van der Waals surface area contributed by atoms with Crippen molar-refractivity contribution in [1.82, 2.24) is 0 Å². The molecule has 0 atom stereocenters. The van der Waals surface area contributed by atoms with E-state index in [1.54, 1.807) is 12.1 Å². The first-order valence-electron chi connectivity index (χ1n) is 9.28. The average Bonchev–Trinajstić information content (AvgIpc) is 3.01. The van der Waals surface area contributed by atoms with Crippen LogP contribution in [0.5, 0.6) is 0 Å². The second-order valence-electron chi connectivity index (χ2n) is 6.75. The lowest BCUT2D eigenvalue weighted by atomic mass is 10.1. The maximum atomic E-state index is 12.4. The number of nitrogens with two attached hydrogens (primary N) is 1. The monoisotopic (exact) mass is 448 g/mol. The van der Waals surface area contributed by atoms with Crippen LogP contribution in [0.2, 0.25) is 0 Å². The van der Waals surface area contributed by atoms with Crippen LogP contribution in [0, 0.1) is 20.8 Å². The highest BCUT2D eigenvalue weighted by atomic mass is 32.1. The van der Waals surface area contributed by atoms with Gasteiger partial charge in [-0.2, -0.15) is 0 Å². The summed E-state index contributed by atoms with van der Waals surface area (Å²) >= 11 is 0.846. The third-order valence-corrected chi connectivity index (χ3v) is 5.36. The normalized spacial score (nSPS) is 10.5. The third-order valence-electron chi connectivity index (χ3n) is 4.14. The number of ether oxygens (including phenoxy) is 3. The van der Waals surface area contributed by atoms with Crippen LogP contribution in [0.25, 0.3) is 0 Å². The second kappa shape index (κ2) is 10.7. The predicted molar refractivity (Wildman–Crippen MR) is 115 cm³/mol. The van der Waals surface area contributed by atoms with Gasteiger partial charge in [-0.15, -0.1) is 11.3 Å². The average molecular weight is 448 g/mol. The van der Waals surface area contributed by atoms with E-state index in [9.17, 15) is 19.2 Å². The summed E-state index contributed by atoms with van der Waals surface area (Å²) < 4.78 is 15.0. The maximum Gasteiger partial charge on any atom is 0.341 e. The minimum atomic E-state index is -0.741. The number of carbonyl (C=O) groups is 4. The Hall–Kier alpha value is -3.24. The van der Waals surface area contributed by atoms with Crippen LogP contribution < -0.4 is 11.1 Å². The standard InChI is InChI=1S/C21H24N2O7S/c1-11-7-12(2)9-14(8-11)20(26)30-10-15(24)23-19-16(21(27)29-6-5-28-4)13(3)17(31-19)18(22)25/h7-9H,5-6,10H2,1-4H3,(H2,22,25)(H,23,24). The molecule has 1 aromatic heterocycles. The van der Waals surface area contributed by atoms with Gasteiger partial charge in [0, 0.05) is 7.11 Å². The molecule has 0 fully saturated rings. The molecular weight excluding hydrogens is 424 g/mol. The summed E-state index contributed by atoms with van der Waals surface area (Å²) in [6.07, 6.45) is 0. The highest BCUT2D eigenvalue weighted by Gasteiger charge is 2.26. The lowest BCUT2D eigenvalue weighted by Gasteiger charge is -2.09. The molecule has 0 aliphatic rings. The van der Waals surface area contributed by atoms with Gasteiger partial charge in [0.1, 0.15) is 11.6 Å². The van der Waals surface area contributed by atoms with Crippen LogP contribution >= 0.6 is 11.3 Å². The number of hydrogen-bond acceptors (Lipinski definition) is 8. The number of amides is 2. The van der Waals surface area contributed by atoms with Crippen molar-refractivity contribution in [2.24, 2.45) is 5.73 Å². The van der Waals surface area contributed by atoms with E-state index < -0.39 is 30.4 Å². The van der Waals surface area contributed by atoms with E-state index in [0.29, 0.717) is 11.1 Å². The zero-order valence-corrected chi connectivity index (χ0v) is 18.5. The number of hydrogen-bond donors (Lipinski definition) is 2. The summed E-state index contributed by atoms with van der Waals surface area (Å²) in [7, 11) is 1.46. The SMILES string of the molecule is COCCOC(=O)c1c(NC(=O)COC(=O)c2cc(C)cc(C)c2)sc(C(N)=O)c1C. The molecule has 2 rings (SSSR count). The zero-order chi connectivity index (χ0) is 23.1. The molecule has 3 N–H and O–H groups in total. The Balaban J connectivity index is 2.12. The van der Waals surface area contributed by atoms with Crippen molar-refractivity contribution in [3.63, 3.8) is 0 Å². The van der Waals surface area contributed by atoms with Crippen molar-refractivity contribution in [2.45, 2.75) is 20.8 Å². The van der Waals surface area contributed by atoms with Gasteiger partial charge < -0.3 is 25.3 Å². The van der Waals surface area contributed by atoms with Gasteiger partial charge in [-0.05, 0) is 38.5 Å². The molecule has 2 amide bonds. The first-order chi connectivity index (χ1) is 14.6. The van der Waals surface area contributed by atoms with E-state index in [-0.39, 0.29) is 28.7 Å². The molecule has 1 aromatic carbocycles. The number of carbonyl (C=O) groups excluding carboxylic acids is 4. The molecule has 10 heteroatoms. The van der Waals surface area contributed by atoms with Crippen molar-refractivity contribution in [2.75, 3.05) is 32.2 Å². The van der Waals surface area contributed by atoms with Gasteiger partial charge in [0.15, 0.2) is 6.61 Å². The van der Waals surface area contributed by atoms with Gasteiger partial charge in [0.05, 0.1) is 22.6 Å². The van der Waals surface area contributed by atoms with E-state index in [4.69, 9.17) is 19.9 Å². The van der Waals surface area contributed by atoms with E-state index in [0.717, 1.165) is 22.5 Å². The Morgan fingerprint density at radius 2 is 1.61 bits per heavy atom. The molecule has 9 nitrogen and oxygen atoms in total. The van der Waals surface area contributed by atoms with E-state index in [1.165, 1.54) is 14.0 Å². The maximum absolute atomic E-state index is 12.4. The molecule has 166 valence electrons. The fourth-order valence-electron chi connectivity index (χ4n) is 2.84. The highest BCUT2D eigenvalue weighted by Crippen LogP contribution is 2.33. The molecule has 0 unspecified atom stereocenters. The van der Waals surface area contributed by atoms with Gasteiger partial charge in [-0.1, -0.05) is 17.2 Å². The summed E-state index contributed by atoms with van der Waals surface area (Å²) in [4.78, 5) is 48.8. The van der Waals surface area contributed by atoms with Gasteiger partial charge in [-0.3, -0.25) is 9.59 Å². The van der Waals surface area contributed by atoms with Crippen molar-refractivity contribution in [1.29, 1.82) is 0 Å². The Labute approximate surface area is 183 Å². The van der Waals surface area contributed by atoms with Gasteiger partial charge in [-0.25, -0.2) is 9.59 Å². The van der Waals surface area contributed by atoms with Crippen LogP contribution in [-0.4, -0.2) is 50.7 Å². The lowest BCUT2D eigenvalue weighted by molar-refractivity contribution is -0.119. The first-order valence-corrected chi connectivity index (χ1v) is 10.1. The molecule has 0 bridgehead atoms. The minimum Gasteiger partial charge on any atom is -0.460 e. The molecular formula is C21H24N2O7S. The molecule has 0 aliphatic carbocycles. The van der Waals surface area contributed by atoms with Gasteiger partial charge in [0.2, 0.25) is 0 Å². The van der Waals surface area contributed by atoms with Crippen LogP contribution in [0.15, 0.2) is 18.2 Å². The zero-order valence-electron chi connectivity index (χ0n) is 17.7. The largest absolute Gasteiger partial charge is 0.460 e. The molecule has 0 aliphatic heterocycles. The van der Waals surface area contributed by atoms with E-state index in [1.807, 2.05) is 19.9 Å². The summed E-state index contributed by atoms with van der Waals surface area (Å²) in [5.41, 5.74) is 7.77. The van der Waals surface area contributed by atoms with Crippen LogP contribution in [0.1, 0.15) is 47.1 Å². The van der Waals surface area contributed by atoms with Crippen molar-refractivity contribution in [3.8, 4) is 0 Å². The van der Waals surface area contributed by atoms with Crippen molar-refractivity contribution >= 4 is 40.1 Å². The molecule has 31 heavy (non-hydrogen) atoms. The number of aryl methyl sites for hydroxylation is 2. The van der Waals surface area contributed by atoms with Crippen LogP contribution in [0.4, 0.5) is 5.00 Å². The summed E-state index contributed by atoms with van der Waals surface area (Å²) in [6, 6.07) is 5.22. The molecule has 0 radical (unpaired) electrons. The Morgan fingerprint density at radius 1 is 0.968 bits per heavy atom. The molecule has 2 aromatic rings. The molecule has 1 heterocycles. The van der Waals surface area contributed by atoms with E-state index in [2.05, 4.69) is 5.32 Å². The summed E-state index contributed by atoms with van der Waals surface area (Å²) in [6.45, 7) is 4.83. The molecule has 0 saturated heterocycles. The Kier molecular flexibility index (Phi) is 8.29. The van der Waals surface area contributed by atoms with Gasteiger partial charge in [0.25, 0.3) is 11.8 Å². The van der Waals surface area contributed by atoms with Crippen LogP contribution in [0.3, 0.4) is 0 Å². The minimum absolute atomic E-state index is 0.00255. The topological polar surface area (TPSA) is 134 Å². The number of thiophene rings is 1. The Bertz CT molecular complexity index is 993. The van der Waals surface area contributed by atoms with E-state index >= 15 is 0 Å². The van der Waals surface area contributed by atoms with Crippen molar-refractivity contribution < 1.29 is 33.4 Å². The molecule has 0 saturated carbocycles. The third kappa shape index (κ3) is 6.37. The predicted octanol–water partition coefficient (Wildman–Crippen LogP) is 2.37. The molecule has 0 spiro atoms. The number of nitrogens with one attached hydrogen (secondary N) is 1. The summed E-state index contributed by atoms with van der Waals surface area (Å²) in [5.74, 6) is -2.81. The van der Waals surface area contributed by atoms with Crippen LogP contribution in [-0.2, 0) is 19.0 Å². The second-order valence-corrected chi connectivity index (χ2v) is 7.77. The number of methoxy groups -OCH3 is 1. The fourth-order valence-corrected chi connectivity index (χ4v) is 3.91. The summed E-state index contributed by atoms with van der Waals surface area (Å²) in [5, 5.41) is 2.57. The Morgan fingerprint density at radius 3 is 2.19 bits per heavy atom. The fraction of sp³-hybridized carbons (Fsp3) is 0.333. The van der Waals surface area contributed by atoms with Gasteiger partial charge >= 0.3 is 11.9 Å². The number of benzene rings is 1. The number of rotatable bonds is 9. The highest BCUT2D eigenvalue weighted by molar-refractivity contribution is 7.18.